The van der Waals surface area contributed by atoms with Crippen LogP contribution in [0.5, 0.6) is 0 Å². The van der Waals surface area contributed by atoms with Crippen molar-refractivity contribution in [3.05, 3.63) is 62.8 Å². The van der Waals surface area contributed by atoms with Gasteiger partial charge in [-0.25, -0.2) is 4.39 Å². The van der Waals surface area contributed by atoms with Gasteiger partial charge in [0.2, 0.25) is 12.1 Å². The van der Waals surface area contributed by atoms with Crippen LogP contribution in [-0.4, -0.2) is 21.7 Å². The van der Waals surface area contributed by atoms with E-state index in [0.29, 0.717) is 10.4 Å². The van der Waals surface area contributed by atoms with E-state index in [-0.39, 0.29) is 16.8 Å². The van der Waals surface area contributed by atoms with Gasteiger partial charge in [-0.2, -0.15) is 5.01 Å². The largest absolute Gasteiger partial charge is 0.445 e. The van der Waals surface area contributed by atoms with E-state index in [1.54, 1.807) is 0 Å². The Hall–Kier alpha value is -2.81. The molecule has 0 spiro atoms. The number of carbonyl (C=O) groups excluding carboxylic acids is 1. The Labute approximate surface area is 133 Å². The average Bonchev–Trinajstić information content (AvgIpc) is 3.15. The van der Waals surface area contributed by atoms with Crippen LogP contribution in [0.4, 0.5) is 9.39 Å². The summed E-state index contributed by atoms with van der Waals surface area (Å²) in [6.45, 7) is 1.32. The smallest absolute Gasteiger partial charge is 0.324 e. The first-order valence-corrected chi connectivity index (χ1v) is 7.32. The summed E-state index contributed by atoms with van der Waals surface area (Å²) in [7, 11) is 0. The van der Waals surface area contributed by atoms with Gasteiger partial charge in [0.1, 0.15) is 5.82 Å². The molecule has 1 aliphatic heterocycles. The third-order valence-electron chi connectivity index (χ3n) is 3.10. The standard InChI is InChI=1S/C14H10FN3O4S/c1-8(19)17-14(9-2-4-10(15)5-3-9)22-13(16-17)11-6-7-12(23-11)18(20)21/h2-7,14H,1H3/t14-/m1/s1. The number of hydrogen-bond acceptors (Lipinski definition) is 6. The molecule has 1 aromatic carbocycles. The summed E-state index contributed by atoms with van der Waals surface area (Å²) in [6, 6.07) is 8.34. The Morgan fingerprint density at radius 2 is 2.04 bits per heavy atom. The van der Waals surface area contributed by atoms with Gasteiger partial charge in [-0.05, 0) is 18.2 Å². The Balaban J connectivity index is 1.91. The predicted molar refractivity (Wildman–Crippen MR) is 80.3 cm³/mol. The number of amides is 1. The highest BCUT2D eigenvalue weighted by Crippen LogP contribution is 2.33. The minimum atomic E-state index is -0.829. The highest BCUT2D eigenvalue weighted by Gasteiger charge is 2.34. The van der Waals surface area contributed by atoms with Crippen LogP contribution < -0.4 is 0 Å². The minimum Gasteiger partial charge on any atom is -0.445 e. The number of rotatable bonds is 3. The lowest BCUT2D eigenvalue weighted by molar-refractivity contribution is -0.380. The van der Waals surface area contributed by atoms with Crippen molar-refractivity contribution in [3.8, 4) is 0 Å². The molecule has 2 heterocycles. The molecule has 3 rings (SSSR count). The molecule has 7 nitrogen and oxygen atoms in total. The van der Waals surface area contributed by atoms with E-state index in [1.807, 2.05) is 0 Å². The van der Waals surface area contributed by atoms with Gasteiger partial charge in [-0.3, -0.25) is 14.9 Å². The first-order valence-electron chi connectivity index (χ1n) is 6.51. The summed E-state index contributed by atoms with van der Waals surface area (Å²) < 4.78 is 18.7. The molecule has 9 heteroatoms. The van der Waals surface area contributed by atoms with Crippen LogP contribution in [-0.2, 0) is 9.53 Å². The van der Waals surface area contributed by atoms with Crippen molar-refractivity contribution >= 4 is 28.1 Å². The second kappa shape index (κ2) is 5.76. The molecule has 118 valence electrons. The number of hydrogen-bond donors (Lipinski definition) is 0. The molecule has 0 saturated carbocycles. The molecular weight excluding hydrogens is 325 g/mol. The van der Waals surface area contributed by atoms with Crippen molar-refractivity contribution in [2.24, 2.45) is 5.10 Å². The van der Waals surface area contributed by atoms with Crippen molar-refractivity contribution in [1.82, 2.24) is 5.01 Å². The molecule has 0 saturated heterocycles. The van der Waals surface area contributed by atoms with Gasteiger partial charge in [0.15, 0.2) is 0 Å². The van der Waals surface area contributed by atoms with E-state index in [0.717, 1.165) is 16.3 Å². The molecule has 0 N–H and O–H groups in total. The molecule has 23 heavy (non-hydrogen) atoms. The van der Waals surface area contributed by atoms with Crippen LogP contribution >= 0.6 is 11.3 Å². The van der Waals surface area contributed by atoms with Crippen LogP contribution in [0.2, 0.25) is 0 Å². The van der Waals surface area contributed by atoms with Crippen molar-refractivity contribution in [2.45, 2.75) is 13.2 Å². The fraction of sp³-hybridized carbons (Fsp3) is 0.143. The molecule has 0 bridgehead atoms. The van der Waals surface area contributed by atoms with Crippen molar-refractivity contribution in [2.75, 3.05) is 0 Å². The lowest BCUT2D eigenvalue weighted by atomic mass is 10.2. The molecule has 1 aliphatic rings. The maximum atomic E-state index is 13.0. The zero-order valence-electron chi connectivity index (χ0n) is 11.8. The maximum absolute atomic E-state index is 13.0. The number of halogens is 1. The normalized spacial score (nSPS) is 16.9. The van der Waals surface area contributed by atoms with Crippen molar-refractivity contribution in [3.63, 3.8) is 0 Å². The van der Waals surface area contributed by atoms with Crippen molar-refractivity contribution < 1.29 is 18.8 Å². The van der Waals surface area contributed by atoms with Crippen LogP contribution in [0.1, 0.15) is 23.6 Å². The SMILES string of the molecule is CC(=O)N1N=C(c2ccc([N+](=O)[O-])s2)O[C@@H]1c1ccc(F)cc1. The van der Waals surface area contributed by atoms with Gasteiger partial charge in [-0.1, -0.05) is 23.5 Å². The third kappa shape index (κ3) is 2.90. The van der Waals surface area contributed by atoms with Gasteiger partial charge >= 0.3 is 5.00 Å². The Morgan fingerprint density at radius 1 is 1.35 bits per heavy atom. The van der Waals surface area contributed by atoms with E-state index in [4.69, 9.17) is 4.74 Å². The fourth-order valence-corrected chi connectivity index (χ4v) is 2.80. The maximum Gasteiger partial charge on any atom is 0.324 e. The summed E-state index contributed by atoms with van der Waals surface area (Å²) in [4.78, 5) is 22.4. The van der Waals surface area contributed by atoms with Crippen LogP contribution in [0.15, 0.2) is 41.5 Å². The van der Waals surface area contributed by atoms with Crippen molar-refractivity contribution in [1.29, 1.82) is 0 Å². The summed E-state index contributed by atoms with van der Waals surface area (Å²) in [5.41, 5.74) is 0.548. The second-order valence-corrected chi connectivity index (χ2v) is 5.75. The van der Waals surface area contributed by atoms with Crippen LogP contribution in [0.3, 0.4) is 0 Å². The Kier molecular flexibility index (Phi) is 3.78. The number of carbonyl (C=O) groups is 1. The zero-order valence-corrected chi connectivity index (χ0v) is 12.6. The Bertz CT molecular complexity index is 803. The summed E-state index contributed by atoms with van der Waals surface area (Å²) in [5.74, 6) is -0.649. The van der Waals surface area contributed by atoms with E-state index in [9.17, 15) is 19.3 Å². The van der Waals surface area contributed by atoms with Gasteiger partial charge < -0.3 is 4.74 Å². The molecule has 1 atom stereocenters. The molecule has 0 fully saturated rings. The molecule has 0 unspecified atom stereocenters. The highest BCUT2D eigenvalue weighted by atomic mass is 32.1. The van der Waals surface area contributed by atoms with E-state index >= 15 is 0 Å². The van der Waals surface area contributed by atoms with Crippen LogP contribution in [0.25, 0.3) is 0 Å². The second-order valence-electron chi connectivity index (χ2n) is 4.69. The first kappa shape index (κ1) is 15.1. The average molecular weight is 335 g/mol. The topological polar surface area (TPSA) is 85.0 Å². The van der Waals surface area contributed by atoms with E-state index in [2.05, 4.69) is 5.10 Å². The fourth-order valence-electron chi connectivity index (χ4n) is 2.05. The summed E-state index contributed by atoms with van der Waals surface area (Å²) in [6.07, 6.45) is -0.829. The monoisotopic (exact) mass is 335 g/mol. The number of ether oxygens (including phenoxy) is 1. The van der Waals surface area contributed by atoms with Gasteiger partial charge in [0.25, 0.3) is 5.90 Å². The predicted octanol–water partition coefficient (Wildman–Crippen LogP) is 3.03. The first-order chi connectivity index (χ1) is 11.0. The molecule has 2 aromatic rings. The van der Waals surface area contributed by atoms with E-state index < -0.39 is 17.0 Å². The lowest BCUT2D eigenvalue weighted by Crippen LogP contribution is -2.25. The minimum absolute atomic E-state index is 0.0501. The number of benzene rings is 1. The number of thiophene rings is 1. The van der Waals surface area contributed by atoms with Gasteiger partial charge in [0, 0.05) is 18.6 Å². The van der Waals surface area contributed by atoms with Crippen LogP contribution in [0, 0.1) is 15.9 Å². The summed E-state index contributed by atoms with van der Waals surface area (Å²) >= 11 is 0.899. The zero-order chi connectivity index (χ0) is 16.6. The van der Waals surface area contributed by atoms with Gasteiger partial charge in [0.05, 0.1) is 9.80 Å². The quantitative estimate of drug-likeness (QED) is 0.637. The number of nitro groups is 1. The van der Waals surface area contributed by atoms with E-state index in [1.165, 1.54) is 43.3 Å². The molecule has 1 aromatic heterocycles. The summed E-state index contributed by atoms with van der Waals surface area (Å²) in [5, 5.41) is 15.9. The molecular formula is C14H10FN3O4S. The van der Waals surface area contributed by atoms with Gasteiger partial charge in [-0.15, -0.1) is 5.10 Å². The number of nitrogens with zero attached hydrogens (tertiary/aromatic N) is 3. The molecule has 1 amide bonds. The number of hydrazone groups is 1. The third-order valence-corrected chi connectivity index (χ3v) is 4.13. The Morgan fingerprint density at radius 3 is 2.61 bits per heavy atom. The highest BCUT2D eigenvalue weighted by molar-refractivity contribution is 7.17. The lowest BCUT2D eigenvalue weighted by Gasteiger charge is -2.19. The molecule has 0 radical (unpaired) electrons. The molecule has 0 aliphatic carbocycles.